The van der Waals surface area contributed by atoms with Crippen molar-refractivity contribution in [3.05, 3.63) is 80.9 Å². The van der Waals surface area contributed by atoms with E-state index in [2.05, 4.69) is 10.4 Å². The molecule has 2 aromatic carbocycles. The molecule has 8 nitrogen and oxygen atoms in total. The molecular weight excluding hydrogens is 391 g/mol. The molecule has 0 radical (unpaired) electrons. The van der Waals surface area contributed by atoms with Gasteiger partial charge in [-0.3, -0.25) is 14.9 Å². The Morgan fingerprint density at radius 1 is 1.32 bits per heavy atom. The summed E-state index contributed by atoms with van der Waals surface area (Å²) < 4.78 is 20.6. The zero-order valence-electron chi connectivity index (χ0n) is 14.6. The van der Waals surface area contributed by atoms with Gasteiger partial charge in [0, 0.05) is 18.3 Å². The molecule has 3 rings (SSSR count). The Morgan fingerprint density at radius 3 is 2.82 bits per heavy atom. The summed E-state index contributed by atoms with van der Waals surface area (Å²) in [6.07, 6.45) is 1.50. The van der Waals surface area contributed by atoms with Crippen LogP contribution < -0.4 is 10.1 Å². The number of aryl methyl sites for hydroxylation is 1. The lowest BCUT2D eigenvalue weighted by Gasteiger charge is -2.08. The van der Waals surface area contributed by atoms with E-state index in [1.54, 1.807) is 13.0 Å². The molecule has 0 aliphatic heterocycles. The standard InChI is InChI=1S/C18H14ClFN4O4/c1-11-2-4-14(20)16(8-11)21-18(25)15-6-7-23(22-15)10-28-17-5-3-12(24(26)27)9-13(17)19/h2-9H,10H2,1H3,(H,21,25). The van der Waals surface area contributed by atoms with Crippen LogP contribution in [0.5, 0.6) is 5.75 Å². The molecule has 0 saturated heterocycles. The van der Waals surface area contributed by atoms with Crippen molar-refractivity contribution in [1.29, 1.82) is 0 Å². The average molecular weight is 405 g/mol. The summed E-state index contributed by atoms with van der Waals surface area (Å²) in [5.74, 6) is -0.887. The summed E-state index contributed by atoms with van der Waals surface area (Å²) in [4.78, 5) is 22.4. The number of anilines is 1. The van der Waals surface area contributed by atoms with Gasteiger partial charge in [0.05, 0.1) is 15.6 Å². The first-order valence-corrected chi connectivity index (χ1v) is 8.39. The molecule has 0 unspecified atom stereocenters. The third kappa shape index (κ3) is 4.44. The lowest BCUT2D eigenvalue weighted by molar-refractivity contribution is -0.384. The number of hydrogen-bond donors (Lipinski definition) is 1. The maximum atomic E-state index is 13.8. The molecule has 1 aromatic heterocycles. The van der Waals surface area contributed by atoms with Crippen molar-refractivity contribution >= 4 is 28.9 Å². The number of nitro groups is 1. The van der Waals surface area contributed by atoms with E-state index < -0.39 is 16.6 Å². The molecule has 1 heterocycles. The molecule has 144 valence electrons. The van der Waals surface area contributed by atoms with E-state index in [0.717, 1.165) is 5.56 Å². The molecule has 10 heteroatoms. The quantitative estimate of drug-likeness (QED) is 0.490. The molecule has 28 heavy (non-hydrogen) atoms. The van der Waals surface area contributed by atoms with Gasteiger partial charge in [0.25, 0.3) is 11.6 Å². The van der Waals surface area contributed by atoms with E-state index in [9.17, 15) is 19.3 Å². The van der Waals surface area contributed by atoms with Crippen LogP contribution in [-0.2, 0) is 6.73 Å². The molecule has 0 spiro atoms. The average Bonchev–Trinajstić information content (AvgIpc) is 3.12. The number of nitro benzene ring substituents is 1. The first-order chi connectivity index (χ1) is 13.3. The largest absolute Gasteiger partial charge is 0.470 e. The maximum Gasteiger partial charge on any atom is 0.276 e. The van der Waals surface area contributed by atoms with Crippen LogP contribution in [0.1, 0.15) is 16.1 Å². The van der Waals surface area contributed by atoms with Crippen molar-refractivity contribution in [3.8, 4) is 5.75 Å². The fourth-order valence-electron chi connectivity index (χ4n) is 2.33. The third-order valence-corrected chi connectivity index (χ3v) is 4.02. The zero-order chi connectivity index (χ0) is 20.3. The molecule has 0 aliphatic rings. The third-order valence-electron chi connectivity index (χ3n) is 3.72. The Bertz CT molecular complexity index is 1050. The summed E-state index contributed by atoms with van der Waals surface area (Å²) in [6, 6.07) is 9.65. The predicted molar refractivity (Wildman–Crippen MR) is 100 cm³/mol. The number of nitrogens with zero attached hydrogens (tertiary/aromatic N) is 3. The number of carbonyl (C=O) groups is 1. The smallest absolute Gasteiger partial charge is 0.276 e. The van der Waals surface area contributed by atoms with Crippen LogP contribution in [0.25, 0.3) is 0 Å². The van der Waals surface area contributed by atoms with Crippen LogP contribution >= 0.6 is 11.6 Å². The number of benzene rings is 2. The van der Waals surface area contributed by atoms with Gasteiger partial charge in [-0.25, -0.2) is 9.07 Å². The number of halogens is 2. The van der Waals surface area contributed by atoms with Gasteiger partial charge in [-0.05, 0) is 36.8 Å². The van der Waals surface area contributed by atoms with Crippen LogP contribution in [-0.4, -0.2) is 20.6 Å². The number of non-ortho nitro benzene ring substituents is 1. The molecule has 0 atom stereocenters. The fourth-order valence-corrected chi connectivity index (χ4v) is 2.56. The summed E-state index contributed by atoms with van der Waals surface area (Å²) in [5, 5.41) is 17.3. The van der Waals surface area contributed by atoms with Gasteiger partial charge in [-0.1, -0.05) is 17.7 Å². The second-order valence-electron chi connectivity index (χ2n) is 5.82. The number of aromatic nitrogens is 2. The maximum absolute atomic E-state index is 13.8. The molecule has 1 N–H and O–H groups in total. The lowest BCUT2D eigenvalue weighted by Crippen LogP contribution is -2.15. The van der Waals surface area contributed by atoms with Crippen LogP contribution in [0.3, 0.4) is 0 Å². The number of amides is 1. The van der Waals surface area contributed by atoms with Gasteiger partial charge < -0.3 is 10.1 Å². The van der Waals surface area contributed by atoms with Gasteiger partial charge in [0.15, 0.2) is 12.4 Å². The van der Waals surface area contributed by atoms with Gasteiger partial charge in [0.1, 0.15) is 11.6 Å². The number of rotatable bonds is 6. The van der Waals surface area contributed by atoms with E-state index in [1.807, 2.05) is 0 Å². The Labute approximate surface area is 163 Å². The van der Waals surface area contributed by atoms with E-state index in [4.69, 9.17) is 16.3 Å². The summed E-state index contributed by atoms with van der Waals surface area (Å²) in [6.45, 7) is 1.70. The normalized spacial score (nSPS) is 10.5. The molecule has 0 aliphatic carbocycles. The number of hydrogen-bond acceptors (Lipinski definition) is 5. The van der Waals surface area contributed by atoms with Crippen LogP contribution in [0.4, 0.5) is 15.8 Å². The van der Waals surface area contributed by atoms with Crippen molar-refractivity contribution in [1.82, 2.24) is 9.78 Å². The molecule has 0 saturated carbocycles. The number of ether oxygens (including phenoxy) is 1. The molecular formula is C18H14ClFN4O4. The first kappa shape index (κ1) is 19.3. The van der Waals surface area contributed by atoms with Gasteiger partial charge >= 0.3 is 0 Å². The Kier molecular flexibility index (Phi) is 5.55. The highest BCUT2D eigenvalue weighted by Gasteiger charge is 2.14. The minimum Gasteiger partial charge on any atom is -0.470 e. The minimum atomic E-state index is -0.573. The second kappa shape index (κ2) is 8.05. The van der Waals surface area contributed by atoms with E-state index >= 15 is 0 Å². The minimum absolute atomic E-state index is 0.0634. The van der Waals surface area contributed by atoms with Gasteiger partial charge in [-0.15, -0.1) is 0 Å². The Morgan fingerprint density at radius 2 is 2.11 bits per heavy atom. The van der Waals surface area contributed by atoms with Gasteiger partial charge in [-0.2, -0.15) is 5.10 Å². The van der Waals surface area contributed by atoms with Crippen molar-refractivity contribution in [3.63, 3.8) is 0 Å². The topological polar surface area (TPSA) is 99.3 Å². The van der Waals surface area contributed by atoms with E-state index in [-0.39, 0.29) is 34.6 Å². The second-order valence-corrected chi connectivity index (χ2v) is 6.23. The van der Waals surface area contributed by atoms with Crippen LogP contribution in [0, 0.1) is 22.9 Å². The van der Waals surface area contributed by atoms with E-state index in [1.165, 1.54) is 47.3 Å². The summed E-state index contributed by atoms with van der Waals surface area (Å²) in [7, 11) is 0. The van der Waals surface area contributed by atoms with Crippen molar-refractivity contribution in [2.75, 3.05) is 5.32 Å². The SMILES string of the molecule is Cc1ccc(F)c(NC(=O)c2ccn(COc3ccc([N+](=O)[O-])cc3Cl)n2)c1. The summed E-state index contributed by atoms with van der Waals surface area (Å²) >= 11 is 5.95. The monoisotopic (exact) mass is 404 g/mol. The Hall–Kier alpha value is -3.46. The molecule has 0 bridgehead atoms. The highest BCUT2D eigenvalue weighted by molar-refractivity contribution is 6.32. The Balaban J connectivity index is 1.65. The molecule has 0 fully saturated rings. The van der Waals surface area contributed by atoms with Crippen molar-refractivity contribution in [2.45, 2.75) is 13.7 Å². The number of nitrogens with one attached hydrogen (secondary N) is 1. The highest BCUT2D eigenvalue weighted by atomic mass is 35.5. The van der Waals surface area contributed by atoms with Crippen molar-refractivity contribution < 1.29 is 18.8 Å². The van der Waals surface area contributed by atoms with Gasteiger partial charge in [0.2, 0.25) is 0 Å². The van der Waals surface area contributed by atoms with E-state index in [0.29, 0.717) is 0 Å². The van der Waals surface area contributed by atoms with Crippen LogP contribution in [0.2, 0.25) is 5.02 Å². The zero-order valence-corrected chi connectivity index (χ0v) is 15.3. The molecule has 1 amide bonds. The number of carbonyl (C=O) groups excluding carboxylic acids is 1. The predicted octanol–water partition coefficient (Wildman–Crippen LogP) is 4.18. The fraction of sp³-hybridized carbons (Fsp3) is 0.111. The summed E-state index contributed by atoms with van der Waals surface area (Å²) in [5.41, 5.74) is 0.780. The lowest BCUT2D eigenvalue weighted by atomic mass is 10.2. The van der Waals surface area contributed by atoms with Crippen LogP contribution in [0.15, 0.2) is 48.7 Å². The van der Waals surface area contributed by atoms with Crippen molar-refractivity contribution in [2.24, 2.45) is 0 Å². The highest BCUT2D eigenvalue weighted by Crippen LogP contribution is 2.28. The first-order valence-electron chi connectivity index (χ1n) is 8.01. The molecule has 3 aromatic rings.